The number of nitrogens with one attached hydrogen (secondary N) is 1. The largest absolute Gasteiger partial charge is 0.468 e. The molecule has 3 aliphatic heterocycles. The highest BCUT2D eigenvalue weighted by atomic mass is 32.2. The van der Waals surface area contributed by atoms with Crippen molar-refractivity contribution in [3.8, 4) is 0 Å². The maximum absolute atomic E-state index is 14.6. The number of rotatable bonds is 8. The third kappa shape index (κ3) is 5.83. The Bertz CT molecular complexity index is 1170. The normalized spacial score (nSPS) is 23.5. The molecule has 1 unspecified atom stereocenters. The number of hydrogen-bond acceptors (Lipinski definition) is 7. The number of benzene rings is 1. The van der Waals surface area contributed by atoms with Gasteiger partial charge >= 0.3 is 0 Å². The highest BCUT2D eigenvalue weighted by Gasteiger charge is 2.41. The first-order valence-corrected chi connectivity index (χ1v) is 15.3. The van der Waals surface area contributed by atoms with E-state index in [0.29, 0.717) is 19.0 Å². The van der Waals surface area contributed by atoms with Crippen LogP contribution in [-0.4, -0.2) is 98.9 Å². The molecule has 1 amide bonds. The lowest BCUT2D eigenvalue weighted by molar-refractivity contribution is -0.131. The number of sulfone groups is 1. The summed E-state index contributed by atoms with van der Waals surface area (Å²) in [6.07, 6.45) is 8.18. The number of ether oxygens (including phenoxy) is 1. The van der Waals surface area contributed by atoms with Crippen molar-refractivity contribution in [1.82, 2.24) is 14.7 Å². The Kier molecular flexibility index (Phi) is 8.66. The second kappa shape index (κ2) is 11.6. The van der Waals surface area contributed by atoms with Crippen molar-refractivity contribution in [2.45, 2.75) is 68.1 Å². The standard InChI is InChI=1S/C27H40FN5O4S.H2/c1-5-27(6-2,30-26(37-3)31-14-7-8-15-31)32-16-11-20(12-17-32)33-18-13-24(25(33)34)29-23-10-9-21(19-22(23)28)38(4,35)36;/h5,9-10,19-20,24,29H,1,6-8,11-18H2,2-4H3;1H/b30-26-;/t24-,27?;/m0./s1. The molecule has 3 aliphatic rings. The third-order valence-electron chi connectivity index (χ3n) is 8.09. The van der Waals surface area contributed by atoms with E-state index in [4.69, 9.17) is 9.73 Å². The monoisotopic (exact) mass is 551 g/mol. The second-order valence-electron chi connectivity index (χ2n) is 10.4. The fraction of sp³-hybridized carbons (Fsp3) is 0.630. The van der Waals surface area contributed by atoms with Gasteiger partial charge in [-0.2, -0.15) is 0 Å². The Morgan fingerprint density at radius 3 is 2.47 bits per heavy atom. The van der Waals surface area contributed by atoms with Crippen LogP contribution in [0.2, 0.25) is 0 Å². The lowest BCUT2D eigenvalue weighted by Crippen LogP contribution is -2.54. The number of amides is 1. The summed E-state index contributed by atoms with van der Waals surface area (Å²) in [6.45, 7) is 10.3. The van der Waals surface area contributed by atoms with E-state index in [0.717, 1.165) is 70.6 Å². The van der Waals surface area contributed by atoms with Crippen LogP contribution in [0.1, 0.15) is 46.9 Å². The van der Waals surface area contributed by atoms with Crippen molar-refractivity contribution >= 4 is 27.5 Å². The Hall–Kier alpha value is -2.66. The van der Waals surface area contributed by atoms with E-state index in [9.17, 15) is 17.6 Å². The molecule has 1 aromatic rings. The smallest absolute Gasteiger partial charge is 0.289 e. The Morgan fingerprint density at radius 1 is 1.24 bits per heavy atom. The molecule has 212 valence electrons. The van der Waals surface area contributed by atoms with E-state index < -0.39 is 27.4 Å². The number of aliphatic imine (C=N–C) groups is 1. The fourth-order valence-corrected chi connectivity index (χ4v) is 6.44. The molecule has 1 N–H and O–H groups in total. The van der Waals surface area contributed by atoms with Gasteiger partial charge in [-0.3, -0.25) is 9.69 Å². The van der Waals surface area contributed by atoms with Gasteiger partial charge in [-0.25, -0.2) is 17.8 Å². The lowest BCUT2D eigenvalue weighted by atomic mass is 9.97. The number of piperidine rings is 1. The van der Waals surface area contributed by atoms with Gasteiger partial charge < -0.3 is 19.9 Å². The molecule has 1 aromatic carbocycles. The maximum atomic E-state index is 14.6. The fourth-order valence-electron chi connectivity index (χ4n) is 5.81. The first kappa shape index (κ1) is 28.4. The average molecular weight is 552 g/mol. The zero-order valence-corrected chi connectivity index (χ0v) is 23.5. The van der Waals surface area contributed by atoms with Crippen molar-refractivity contribution in [2.24, 2.45) is 4.99 Å². The van der Waals surface area contributed by atoms with E-state index in [2.05, 4.69) is 28.6 Å². The SMILES string of the molecule is C=CC(CC)(/N=C(\OC)N1CCCC1)N1CCC(N2CC[C@H](Nc3ccc(S(C)(=O)=O)cc3F)C2=O)CC1.[HH]. The van der Waals surface area contributed by atoms with Crippen LogP contribution in [0.5, 0.6) is 0 Å². The van der Waals surface area contributed by atoms with E-state index in [1.165, 1.54) is 12.1 Å². The molecule has 3 fully saturated rings. The first-order chi connectivity index (χ1) is 18.1. The zero-order valence-electron chi connectivity index (χ0n) is 22.7. The molecule has 0 saturated carbocycles. The minimum atomic E-state index is -3.51. The van der Waals surface area contributed by atoms with Crippen LogP contribution in [0, 0.1) is 5.82 Å². The van der Waals surface area contributed by atoms with Crippen molar-refractivity contribution in [2.75, 3.05) is 51.4 Å². The van der Waals surface area contributed by atoms with Gasteiger partial charge in [0.05, 0.1) is 17.7 Å². The minimum Gasteiger partial charge on any atom is -0.468 e. The van der Waals surface area contributed by atoms with Crippen molar-refractivity contribution < 1.29 is 23.8 Å². The summed E-state index contributed by atoms with van der Waals surface area (Å²) in [5, 5.41) is 2.99. The summed E-state index contributed by atoms with van der Waals surface area (Å²) in [4.78, 5) is 24.6. The molecule has 11 heteroatoms. The Labute approximate surface area is 227 Å². The molecule has 3 saturated heterocycles. The van der Waals surface area contributed by atoms with Gasteiger partial charge in [-0.05, 0) is 62.8 Å². The topological polar surface area (TPSA) is 94.6 Å². The molecule has 0 radical (unpaired) electrons. The van der Waals surface area contributed by atoms with Crippen LogP contribution in [-0.2, 0) is 19.4 Å². The maximum Gasteiger partial charge on any atom is 0.289 e. The van der Waals surface area contributed by atoms with Crippen molar-refractivity contribution in [3.63, 3.8) is 0 Å². The van der Waals surface area contributed by atoms with Crippen LogP contribution in [0.4, 0.5) is 10.1 Å². The predicted molar refractivity (Wildman–Crippen MR) is 148 cm³/mol. The number of hydrogen-bond donors (Lipinski definition) is 1. The summed E-state index contributed by atoms with van der Waals surface area (Å²) in [5.74, 6) is -0.730. The third-order valence-corrected chi connectivity index (χ3v) is 9.20. The number of amidine groups is 1. The molecule has 9 nitrogen and oxygen atoms in total. The summed E-state index contributed by atoms with van der Waals surface area (Å²) in [7, 11) is -1.84. The van der Waals surface area contributed by atoms with Crippen LogP contribution in [0.15, 0.2) is 40.7 Å². The van der Waals surface area contributed by atoms with E-state index in [1.807, 2.05) is 11.0 Å². The summed E-state index contributed by atoms with van der Waals surface area (Å²) in [6, 6.07) is 3.96. The van der Waals surface area contributed by atoms with Gasteiger partial charge in [0, 0.05) is 46.4 Å². The number of carbonyl (C=O) groups excluding carboxylic acids is 1. The van der Waals surface area contributed by atoms with E-state index >= 15 is 0 Å². The van der Waals surface area contributed by atoms with E-state index in [1.54, 1.807) is 7.11 Å². The molecule has 0 bridgehead atoms. The summed E-state index contributed by atoms with van der Waals surface area (Å²) < 4.78 is 43.6. The van der Waals surface area contributed by atoms with Crippen molar-refractivity contribution in [1.29, 1.82) is 0 Å². The van der Waals surface area contributed by atoms with Crippen molar-refractivity contribution in [3.05, 3.63) is 36.7 Å². The van der Waals surface area contributed by atoms with Gasteiger partial charge in [-0.1, -0.05) is 13.5 Å². The molecule has 0 spiro atoms. The molecular formula is C27H42FN5O4S. The van der Waals surface area contributed by atoms with Gasteiger partial charge in [0.15, 0.2) is 9.84 Å². The Morgan fingerprint density at radius 2 is 1.92 bits per heavy atom. The molecule has 0 aliphatic carbocycles. The van der Waals surface area contributed by atoms with Crippen LogP contribution in [0.25, 0.3) is 0 Å². The number of halogens is 1. The first-order valence-electron chi connectivity index (χ1n) is 13.5. The Balaban J connectivity index is 0.00000420. The predicted octanol–water partition coefficient (Wildman–Crippen LogP) is 3.34. The van der Waals surface area contributed by atoms with Gasteiger partial charge in [0.25, 0.3) is 6.02 Å². The number of methoxy groups -OCH3 is 1. The molecule has 0 aromatic heterocycles. The molecule has 3 heterocycles. The molecule has 4 rings (SSSR count). The highest BCUT2D eigenvalue weighted by Crippen LogP contribution is 2.32. The lowest BCUT2D eigenvalue weighted by Gasteiger charge is -2.44. The molecule has 2 atom stereocenters. The van der Waals surface area contributed by atoms with Crippen LogP contribution in [0.3, 0.4) is 0 Å². The number of nitrogens with zero attached hydrogens (tertiary/aromatic N) is 4. The van der Waals surface area contributed by atoms with Gasteiger partial charge in [0.1, 0.15) is 17.5 Å². The zero-order chi connectivity index (χ0) is 27.5. The minimum absolute atomic E-state index is 0. The number of likely N-dealkylation sites (tertiary alicyclic amines) is 3. The summed E-state index contributed by atoms with van der Waals surface area (Å²) >= 11 is 0. The summed E-state index contributed by atoms with van der Waals surface area (Å²) in [5.41, 5.74) is -0.427. The van der Waals surface area contributed by atoms with Gasteiger partial charge in [0.2, 0.25) is 5.91 Å². The molecule has 38 heavy (non-hydrogen) atoms. The van der Waals surface area contributed by atoms with Gasteiger partial charge in [-0.15, -0.1) is 0 Å². The quantitative estimate of drug-likeness (QED) is 0.301. The number of carbonyl (C=O) groups is 1. The van der Waals surface area contributed by atoms with Crippen LogP contribution >= 0.6 is 0 Å². The molecular weight excluding hydrogens is 509 g/mol. The number of anilines is 1. The van der Waals surface area contributed by atoms with Crippen LogP contribution < -0.4 is 5.32 Å². The average Bonchev–Trinajstić information content (AvgIpc) is 3.57. The second-order valence-corrected chi connectivity index (χ2v) is 12.4. The highest BCUT2D eigenvalue weighted by molar-refractivity contribution is 7.90. The van der Waals surface area contributed by atoms with E-state index in [-0.39, 0.29) is 24.0 Å².